The molecule has 334 valence electrons. The monoisotopic (exact) mass is 910 g/mol. The molecule has 13 rings (SSSR count). The normalized spacial score (nSPS) is 14.1. The molecule has 0 aliphatic heterocycles. The molecule has 0 saturated heterocycles. The highest BCUT2D eigenvalue weighted by Crippen LogP contribution is 2.56. The lowest BCUT2D eigenvalue weighted by molar-refractivity contribution is -0.137. The zero-order valence-electron chi connectivity index (χ0n) is 38.7. The molecule has 7 heteroatoms. The van der Waals surface area contributed by atoms with Crippen LogP contribution >= 0.6 is 0 Å². The minimum Gasteiger partial charge on any atom is -0.309 e. The van der Waals surface area contributed by atoms with Crippen molar-refractivity contribution in [3.8, 4) is 68.0 Å². The molecule has 9 aromatic carbocycles. The van der Waals surface area contributed by atoms with Crippen LogP contribution in [0.15, 0.2) is 176 Å². The predicted octanol–water partition coefficient (Wildman–Crippen LogP) is 16.6. The van der Waals surface area contributed by atoms with Gasteiger partial charge in [0.15, 0.2) is 0 Å². The number of nitrogens with zero attached hydrogens (tertiary/aromatic N) is 4. The molecule has 0 spiro atoms. The van der Waals surface area contributed by atoms with Crippen LogP contribution in [0.25, 0.3) is 99.5 Å². The highest BCUT2D eigenvalue weighted by atomic mass is 19.4. The average molecular weight is 911 g/mol. The Labute approximate surface area is 402 Å². The van der Waals surface area contributed by atoms with Crippen molar-refractivity contribution in [3.05, 3.63) is 215 Å². The fraction of sp³-hybridized carbons (Fsp3) is 0.111. The molecular weight excluding hydrogens is 870 g/mol. The summed E-state index contributed by atoms with van der Waals surface area (Å²) in [5, 5.41) is 24.6. The summed E-state index contributed by atoms with van der Waals surface area (Å²) in [5.74, 6) is 0. The summed E-state index contributed by atoms with van der Waals surface area (Å²) in [4.78, 5) is 0. The standard InChI is InChI=1S/C63H41F3N4/c1-61(2)48-17-9-5-13-40(48)44-27-29-53-57(59(44)61)46-15-7-11-19-51(46)69(53)55-32-37(35-68)22-25-42(55)43-26-23-38(39-24-21-36(34-67)31-50(39)63(64,65)66)33-56(43)70-52-20-12-8-16-47(52)58-54(70)30-28-45-41-14-6-10-18-49(41)62(3,4)60(45)58/h5-33H,1-4H3. The third-order valence-electron chi connectivity index (χ3n) is 15.4. The van der Waals surface area contributed by atoms with Gasteiger partial charge in [-0.25, -0.2) is 0 Å². The number of hydrogen-bond donors (Lipinski definition) is 0. The number of rotatable bonds is 4. The Balaban J connectivity index is 1.15. The Hall–Kier alpha value is -8.65. The lowest BCUT2D eigenvalue weighted by Gasteiger charge is -2.23. The number of para-hydroxylation sites is 2. The maximum atomic E-state index is 15.1. The Morgan fingerprint density at radius 2 is 0.843 bits per heavy atom. The minimum absolute atomic E-state index is 0.0301. The molecule has 70 heavy (non-hydrogen) atoms. The van der Waals surface area contributed by atoms with Gasteiger partial charge in [0, 0.05) is 43.5 Å². The first-order valence-electron chi connectivity index (χ1n) is 23.5. The molecular formula is C63H41F3N4. The molecule has 0 bridgehead atoms. The Morgan fingerprint density at radius 3 is 1.36 bits per heavy atom. The third-order valence-corrected chi connectivity index (χ3v) is 15.4. The summed E-state index contributed by atoms with van der Waals surface area (Å²) < 4.78 is 49.8. The lowest BCUT2D eigenvalue weighted by Crippen LogP contribution is -2.15. The molecule has 0 amide bonds. The number of alkyl halides is 3. The maximum Gasteiger partial charge on any atom is 0.417 e. The fourth-order valence-corrected chi connectivity index (χ4v) is 12.4. The van der Waals surface area contributed by atoms with Crippen molar-refractivity contribution < 1.29 is 13.2 Å². The van der Waals surface area contributed by atoms with Crippen LogP contribution in [0.3, 0.4) is 0 Å². The van der Waals surface area contributed by atoms with E-state index in [1.807, 2.05) is 54.6 Å². The Kier molecular flexibility index (Phi) is 8.56. The number of nitriles is 2. The maximum absolute atomic E-state index is 15.1. The first-order valence-corrected chi connectivity index (χ1v) is 23.5. The van der Waals surface area contributed by atoms with Gasteiger partial charge in [0.2, 0.25) is 0 Å². The number of aromatic nitrogens is 2. The van der Waals surface area contributed by atoms with Gasteiger partial charge in [0.05, 0.1) is 62.3 Å². The average Bonchev–Trinajstić information content (AvgIpc) is 4.04. The second-order valence-corrected chi connectivity index (χ2v) is 19.8. The number of benzene rings is 9. The zero-order chi connectivity index (χ0) is 48.0. The molecule has 11 aromatic rings. The van der Waals surface area contributed by atoms with Crippen molar-refractivity contribution in [3.63, 3.8) is 0 Å². The Bertz CT molecular complexity index is 4200. The summed E-state index contributed by atoms with van der Waals surface area (Å²) in [7, 11) is 0. The molecule has 2 aliphatic rings. The van der Waals surface area contributed by atoms with E-state index in [1.54, 1.807) is 6.07 Å². The summed E-state index contributed by atoms with van der Waals surface area (Å²) >= 11 is 0. The van der Waals surface area contributed by atoms with E-state index in [2.05, 4.69) is 146 Å². The van der Waals surface area contributed by atoms with Crippen molar-refractivity contribution in [1.82, 2.24) is 9.13 Å². The van der Waals surface area contributed by atoms with Crippen molar-refractivity contribution in [1.29, 1.82) is 10.5 Å². The van der Waals surface area contributed by atoms with Crippen LogP contribution in [-0.4, -0.2) is 9.13 Å². The predicted molar refractivity (Wildman–Crippen MR) is 276 cm³/mol. The molecule has 0 atom stereocenters. The number of hydrogen-bond acceptors (Lipinski definition) is 2. The van der Waals surface area contributed by atoms with Gasteiger partial charge in [-0.3, -0.25) is 0 Å². The molecule has 2 heterocycles. The minimum atomic E-state index is -4.73. The fourth-order valence-electron chi connectivity index (χ4n) is 12.4. The molecule has 4 nitrogen and oxygen atoms in total. The molecule has 0 unspecified atom stereocenters. The van der Waals surface area contributed by atoms with Crippen molar-refractivity contribution in [2.24, 2.45) is 0 Å². The van der Waals surface area contributed by atoms with E-state index in [-0.39, 0.29) is 22.0 Å². The van der Waals surface area contributed by atoms with Gasteiger partial charge in [0.1, 0.15) is 0 Å². The summed E-state index contributed by atoms with van der Waals surface area (Å²) in [6, 6.07) is 62.0. The number of halogens is 3. The molecule has 0 saturated carbocycles. The highest BCUT2D eigenvalue weighted by molar-refractivity contribution is 6.16. The van der Waals surface area contributed by atoms with E-state index in [0.717, 1.165) is 72.1 Å². The van der Waals surface area contributed by atoms with Crippen molar-refractivity contribution in [2.45, 2.75) is 44.7 Å². The smallest absolute Gasteiger partial charge is 0.309 e. The van der Waals surface area contributed by atoms with Crippen LogP contribution in [0, 0.1) is 22.7 Å². The van der Waals surface area contributed by atoms with Gasteiger partial charge in [-0.2, -0.15) is 23.7 Å². The number of fused-ring (bicyclic) bond motifs is 14. The van der Waals surface area contributed by atoms with Crippen LogP contribution < -0.4 is 0 Å². The quantitative estimate of drug-likeness (QED) is 0.177. The van der Waals surface area contributed by atoms with Crippen LogP contribution in [0.4, 0.5) is 13.2 Å². The summed E-state index contributed by atoms with van der Waals surface area (Å²) in [5.41, 5.74) is 15.6. The van der Waals surface area contributed by atoms with Gasteiger partial charge in [-0.05, 0) is 110 Å². The second-order valence-electron chi connectivity index (χ2n) is 19.8. The first kappa shape index (κ1) is 41.5. The second kappa shape index (κ2) is 14.4. The molecule has 0 fully saturated rings. The van der Waals surface area contributed by atoms with E-state index in [4.69, 9.17) is 0 Å². The van der Waals surface area contributed by atoms with E-state index >= 15 is 13.2 Å². The van der Waals surface area contributed by atoms with Gasteiger partial charge < -0.3 is 9.13 Å². The molecule has 2 aliphatic carbocycles. The Morgan fingerprint density at radius 1 is 0.414 bits per heavy atom. The van der Waals surface area contributed by atoms with Gasteiger partial charge in [-0.15, -0.1) is 0 Å². The van der Waals surface area contributed by atoms with Crippen LogP contribution in [-0.2, 0) is 17.0 Å². The topological polar surface area (TPSA) is 57.4 Å². The van der Waals surface area contributed by atoms with Crippen molar-refractivity contribution in [2.75, 3.05) is 0 Å². The van der Waals surface area contributed by atoms with Crippen LogP contribution in [0.1, 0.15) is 66.6 Å². The van der Waals surface area contributed by atoms with Gasteiger partial charge >= 0.3 is 6.18 Å². The van der Waals surface area contributed by atoms with Gasteiger partial charge in [0.25, 0.3) is 0 Å². The third kappa shape index (κ3) is 5.58. The van der Waals surface area contributed by atoms with Gasteiger partial charge in [-0.1, -0.05) is 149 Å². The molecule has 0 radical (unpaired) electrons. The van der Waals surface area contributed by atoms with E-state index in [0.29, 0.717) is 16.8 Å². The molecule has 2 aromatic heterocycles. The summed E-state index contributed by atoms with van der Waals surface area (Å²) in [6.07, 6.45) is -4.73. The summed E-state index contributed by atoms with van der Waals surface area (Å²) in [6.45, 7) is 9.11. The molecule has 0 N–H and O–H groups in total. The van der Waals surface area contributed by atoms with Crippen LogP contribution in [0.5, 0.6) is 0 Å². The van der Waals surface area contributed by atoms with Crippen LogP contribution in [0.2, 0.25) is 0 Å². The zero-order valence-corrected chi connectivity index (χ0v) is 38.7. The van der Waals surface area contributed by atoms with Crippen molar-refractivity contribution >= 4 is 43.6 Å². The highest BCUT2D eigenvalue weighted by Gasteiger charge is 2.40. The van der Waals surface area contributed by atoms with E-state index in [9.17, 15) is 10.5 Å². The SMILES string of the molecule is CC1(C)c2ccccc2-c2ccc3c(c21)c1ccccc1n3-c1cc(C#N)ccc1-c1ccc(-c2ccc(C#N)cc2C(F)(F)F)cc1-n1c2ccccc2c2c3c(ccc21)-c1ccccc1C3(C)C. The van der Waals surface area contributed by atoms with E-state index in [1.165, 1.54) is 51.1 Å². The largest absolute Gasteiger partial charge is 0.417 e. The lowest BCUT2D eigenvalue weighted by atomic mass is 9.80. The first-order chi connectivity index (χ1) is 33.8. The van der Waals surface area contributed by atoms with E-state index < -0.39 is 11.7 Å².